The van der Waals surface area contributed by atoms with Crippen molar-refractivity contribution in [3.8, 4) is 22.8 Å². The predicted octanol–water partition coefficient (Wildman–Crippen LogP) is 6.38. The largest absolute Gasteiger partial charge is 0.497 e. The molecule has 1 aromatic heterocycles. The highest BCUT2D eigenvalue weighted by molar-refractivity contribution is 5.94. The van der Waals surface area contributed by atoms with E-state index in [0.29, 0.717) is 23.4 Å². The van der Waals surface area contributed by atoms with Gasteiger partial charge in [-0.3, -0.25) is 14.5 Å². The summed E-state index contributed by atoms with van der Waals surface area (Å²) in [4.78, 5) is 46.5. The maximum atomic E-state index is 13.9. The molecule has 44 heavy (non-hydrogen) atoms. The van der Waals surface area contributed by atoms with Crippen LogP contribution in [0.4, 0.5) is 4.79 Å². The number of likely N-dealkylation sites (tertiary alicyclic amines) is 1. The number of hydrogen-bond donors (Lipinski definition) is 0. The Morgan fingerprint density at radius 1 is 1.11 bits per heavy atom. The Morgan fingerprint density at radius 3 is 2.50 bits per heavy atom. The monoisotopic (exact) mass is 600 g/mol. The molecular formula is C35H40N2O7. The van der Waals surface area contributed by atoms with Crippen molar-refractivity contribution in [3.63, 3.8) is 0 Å². The fraction of sp³-hybridized carbons (Fsp3) is 0.429. The summed E-state index contributed by atoms with van der Waals surface area (Å²) in [5, 5.41) is 0.775. The number of carbonyl (C=O) groups is 3. The number of Topliss-reactive ketones (excluding diaryl/α,β-unsaturated/α-hetero) is 1. The first kappa shape index (κ1) is 31.0. The third kappa shape index (κ3) is 6.42. The minimum Gasteiger partial charge on any atom is -0.497 e. The Kier molecular flexibility index (Phi) is 8.68. The standard InChI is InChI=1S/C35H40N2O7/c1-7-23-19-35(23,32(39)42-8-2)20-30(38)29-17-25(21-37(29)33(40)44-34(3,4)5)43-31-18-27(22-12-10-9-11-13-22)36-28-16-24(41-6)14-15-26(28)31/h7,9-16,18,23,25,29H,1,8,17,19-21H2,2-6H3/t23-,25-,29+,35-/m1/s1. The predicted molar refractivity (Wildman–Crippen MR) is 166 cm³/mol. The van der Waals surface area contributed by atoms with Crippen LogP contribution in [0, 0.1) is 11.3 Å². The topological polar surface area (TPSA) is 104 Å². The van der Waals surface area contributed by atoms with Crippen LogP contribution < -0.4 is 9.47 Å². The van der Waals surface area contributed by atoms with E-state index in [0.717, 1.165) is 16.6 Å². The van der Waals surface area contributed by atoms with E-state index in [9.17, 15) is 14.4 Å². The van der Waals surface area contributed by atoms with E-state index in [1.165, 1.54) is 4.90 Å². The minimum atomic E-state index is -0.946. The lowest BCUT2D eigenvalue weighted by Gasteiger charge is -2.28. The second-order valence-electron chi connectivity index (χ2n) is 12.4. The van der Waals surface area contributed by atoms with Crippen LogP contribution in [0.2, 0.25) is 0 Å². The van der Waals surface area contributed by atoms with Crippen LogP contribution in [0.1, 0.15) is 47.0 Å². The van der Waals surface area contributed by atoms with E-state index in [-0.39, 0.29) is 37.7 Å². The van der Waals surface area contributed by atoms with E-state index < -0.39 is 35.2 Å². The molecule has 0 bridgehead atoms. The van der Waals surface area contributed by atoms with E-state index in [1.54, 1.807) is 40.9 Å². The highest BCUT2D eigenvalue weighted by Gasteiger charge is 2.61. The number of esters is 1. The molecule has 0 radical (unpaired) electrons. The third-order valence-corrected chi connectivity index (χ3v) is 8.19. The number of methoxy groups -OCH3 is 1. The van der Waals surface area contributed by atoms with Gasteiger partial charge in [0.05, 0.1) is 42.9 Å². The summed E-state index contributed by atoms with van der Waals surface area (Å²) < 4.78 is 23.1. The average Bonchev–Trinajstić information content (AvgIpc) is 3.55. The molecule has 9 nitrogen and oxygen atoms in total. The van der Waals surface area contributed by atoms with Gasteiger partial charge in [0.1, 0.15) is 23.2 Å². The van der Waals surface area contributed by atoms with Gasteiger partial charge in [0.2, 0.25) is 0 Å². The molecule has 2 fully saturated rings. The van der Waals surface area contributed by atoms with Crippen molar-refractivity contribution >= 4 is 28.7 Å². The van der Waals surface area contributed by atoms with E-state index in [2.05, 4.69) is 6.58 Å². The van der Waals surface area contributed by atoms with Crippen LogP contribution in [0.3, 0.4) is 0 Å². The highest BCUT2D eigenvalue weighted by atomic mass is 16.6. The Morgan fingerprint density at radius 2 is 1.86 bits per heavy atom. The van der Waals surface area contributed by atoms with E-state index >= 15 is 0 Å². The average molecular weight is 601 g/mol. The second-order valence-corrected chi connectivity index (χ2v) is 12.4. The molecule has 1 amide bonds. The molecule has 5 rings (SSSR count). The molecule has 2 aliphatic rings. The van der Waals surface area contributed by atoms with Gasteiger partial charge in [-0.25, -0.2) is 9.78 Å². The van der Waals surface area contributed by atoms with Gasteiger partial charge in [0, 0.05) is 35.9 Å². The van der Waals surface area contributed by atoms with Crippen molar-refractivity contribution in [1.29, 1.82) is 0 Å². The smallest absolute Gasteiger partial charge is 0.411 e. The van der Waals surface area contributed by atoms with Gasteiger partial charge < -0.3 is 18.9 Å². The third-order valence-electron chi connectivity index (χ3n) is 8.19. The van der Waals surface area contributed by atoms with Gasteiger partial charge in [-0.2, -0.15) is 0 Å². The zero-order valence-corrected chi connectivity index (χ0v) is 26.0. The first-order valence-electron chi connectivity index (χ1n) is 15.0. The Hall–Kier alpha value is -4.40. The molecule has 2 heterocycles. The van der Waals surface area contributed by atoms with Gasteiger partial charge in [-0.05, 0) is 52.2 Å². The SMILES string of the molecule is C=C[C@@H]1C[C@]1(CC(=O)[C@@H]1C[C@@H](Oc2cc(-c3ccccc3)nc3cc(OC)ccc23)CN1C(=O)OC(C)(C)C)C(=O)OCC. The fourth-order valence-corrected chi connectivity index (χ4v) is 5.90. The van der Waals surface area contributed by atoms with Crippen molar-refractivity contribution < 1.29 is 33.3 Å². The molecule has 1 saturated carbocycles. The second kappa shape index (κ2) is 12.3. The molecule has 232 valence electrons. The van der Waals surface area contributed by atoms with Crippen molar-refractivity contribution in [3.05, 3.63) is 67.3 Å². The first-order valence-corrected chi connectivity index (χ1v) is 15.0. The maximum absolute atomic E-state index is 13.9. The summed E-state index contributed by atoms with van der Waals surface area (Å²) >= 11 is 0. The Bertz CT molecular complexity index is 1560. The van der Waals surface area contributed by atoms with E-state index in [4.69, 9.17) is 23.9 Å². The summed E-state index contributed by atoms with van der Waals surface area (Å²) in [5.41, 5.74) is 0.624. The number of benzene rings is 2. The van der Waals surface area contributed by atoms with Crippen LogP contribution in [0.5, 0.6) is 11.5 Å². The summed E-state index contributed by atoms with van der Waals surface area (Å²) in [6, 6.07) is 16.4. The van der Waals surface area contributed by atoms with Crippen molar-refractivity contribution in [2.24, 2.45) is 11.3 Å². The number of amides is 1. The minimum absolute atomic E-state index is 0.0463. The number of fused-ring (bicyclic) bond motifs is 1. The van der Waals surface area contributed by atoms with E-state index in [1.807, 2.05) is 54.6 Å². The summed E-state index contributed by atoms with van der Waals surface area (Å²) in [5.74, 6) is 0.465. The lowest BCUT2D eigenvalue weighted by molar-refractivity contribution is -0.152. The zero-order valence-electron chi connectivity index (χ0n) is 26.0. The van der Waals surface area contributed by atoms with Gasteiger partial charge in [0.25, 0.3) is 0 Å². The first-order chi connectivity index (χ1) is 21.0. The summed E-state index contributed by atoms with van der Waals surface area (Å²) in [7, 11) is 1.60. The Balaban J connectivity index is 1.46. The van der Waals surface area contributed by atoms with Gasteiger partial charge >= 0.3 is 12.1 Å². The van der Waals surface area contributed by atoms with Crippen LogP contribution in [0.15, 0.2) is 67.3 Å². The van der Waals surface area contributed by atoms with Crippen LogP contribution >= 0.6 is 0 Å². The Labute approximate surface area is 258 Å². The molecule has 0 spiro atoms. The fourth-order valence-electron chi connectivity index (χ4n) is 5.90. The van der Waals surface area contributed by atoms with Crippen molar-refractivity contribution in [2.45, 2.75) is 64.7 Å². The number of ketones is 1. The van der Waals surface area contributed by atoms with Crippen molar-refractivity contribution in [1.82, 2.24) is 9.88 Å². The molecule has 0 N–H and O–H groups in total. The van der Waals surface area contributed by atoms with Crippen molar-refractivity contribution in [2.75, 3.05) is 20.3 Å². The molecule has 1 saturated heterocycles. The molecule has 4 atom stereocenters. The lowest BCUT2D eigenvalue weighted by Crippen LogP contribution is -2.44. The molecule has 2 aromatic carbocycles. The number of nitrogens with zero attached hydrogens (tertiary/aromatic N) is 2. The number of carbonyl (C=O) groups excluding carboxylic acids is 3. The van der Waals surface area contributed by atoms with Crippen LogP contribution in [-0.2, 0) is 19.1 Å². The maximum Gasteiger partial charge on any atom is 0.411 e. The number of rotatable bonds is 10. The van der Waals surface area contributed by atoms with Crippen LogP contribution in [0.25, 0.3) is 22.2 Å². The van der Waals surface area contributed by atoms with Gasteiger partial charge in [-0.1, -0.05) is 36.4 Å². The molecule has 3 aromatic rings. The normalized spacial score (nSPS) is 22.8. The number of pyridine rings is 1. The van der Waals surface area contributed by atoms with Gasteiger partial charge in [0.15, 0.2) is 5.78 Å². The quantitative estimate of drug-likeness (QED) is 0.195. The summed E-state index contributed by atoms with van der Waals surface area (Å²) in [6.07, 6.45) is 1.28. The molecule has 1 aliphatic carbocycles. The molecule has 1 aliphatic heterocycles. The molecule has 0 unspecified atom stereocenters. The number of ether oxygens (including phenoxy) is 4. The highest BCUT2D eigenvalue weighted by Crippen LogP contribution is 2.57. The zero-order chi connectivity index (χ0) is 31.6. The summed E-state index contributed by atoms with van der Waals surface area (Å²) in [6.45, 7) is 11.3. The molecular weight excluding hydrogens is 560 g/mol. The van der Waals surface area contributed by atoms with Gasteiger partial charge in [-0.15, -0.1) is 6.58 Å². The number of hydrogen-bond acceptors (Lipinski definition) is 8. The molecule has 9 heteroatoms. The number of allylic oxidation sites excluding steroid dienone is 1. The van der Waals surface area contributed by atoms with Crippen LogP contribution in [-0.4, -0.2) is 65.7 Å². The number of aromatic nitrogens is 1. The lowest BCUT2D eigenvalue weighted by atomic mass is 9.92.